The first-order valence-corrected chi connectivity index (χ1v) is 6.42. The van der Waals surface area contributed by atoms with E-state index in [1.807, 2.05) is 25.1 Å². The van der Waals surface area contributed by atoms with Gasteiger partial charge in [0.1, 0.15) is 22.8 Å². The van der Waals surface area contributed by atoms with Gasteiger partial charge in [-0.05, 0) is 25.1 Å². The third-order valence-corrected chi connectivity index (χ3v) is 3.31. The van der Waals surface area contributed by atoms with E-state index in [1.165, 1.54) is 0 Å². The van der Waals surface area contributed by atoms with Crippen LogP contribution in [0, 0.1) is 0 Å². The van der Waals surface area contributed by atoms with E-state index in [0.717, 1.165) is 23.4 Å². The minimum absolute atomic E-state index is 0.155. The summed E-state index contributed by atoms with van der Waals surface area (Å²) in [6.45, 7) is 2.81. The van der Waals surface area contributed by atoms with Crippen molar-refractivity contribution < 1.29 is 9.84 Å². The number of hydrogen-bond acceptors (Lipinski definition) is 4. The highest BCUT2D eigenvalue weighted by atomic mass is 16.5. The van der Waals surface area contributed by atoms with Crippen molar-refractivity contribution in [1.29, 1.82) is 0 Å². The van der Waals surface area contributed by atoms with Crippen molar-refractivity contribution in [2.24, 2.45) is 0 Å². The molecule has 0 aliphatic rings. The zero-order valence-electron chi connectivity index (χ0n) is 11.4. The number of rotatable bonds is 3. The third kappa shape index (κ3) is 1.87. The summed E-state index contributed by atoms with van der Waals surface area (Å²) in [6.07, 6.45) is 3.47. The van der Waals surface area contributed by atoms with Crippen LogP contribution in [0.15, 0.2) is 36.7 Å². The predicted molar refractivity (Wildman–Crippen MR) is 76.9 cm³/mol. The van der Waals surface area contributed by atoms with Gasteiger partial charge in [-0.1, -0.05) is 0 Å². The molecule has 0 saturated heterocycles. The van der Waals surface area contributed by atoms with Gasteiger partial charge >= 0.3 is 0 Å². The fourth-order valence-corrected chi connectivity index (χ4v) is 2.33. The molecule has 3 rings (SSSR count). The second kappa shape index (κ2) is 4.85. The Morgan fingerprint density at radius 1 is 1.30 bits per heavy atom. The fourth-order valence-electron chi connectivity index (χ4n) is 2.33. The van der Waals surface area contributed by atoms with Crippen LogP contribution >= 0.6 is 0 Å². The van der Waals surface area contributed by atoms with Crippen molar-refractivity contribution in [2.75, 3.05) is 7.11 Å². The lowest BCUT2D eigenvalue weighted by Gasteiger charge is -2.09. The van der Waals surface area contributed by atoms with Gasteiger partial charge in [0, 0.05) is 18.8 Å². The van der Waals surface area contributed by atoms with Crippen molar-refractivity contribution in [3.63, 3.8) is 0 Å². The molecular weight excluding hydrogens is 254 g/mol. The number of aromatic nitrogens is 3. The number of aromatic hydroxyl groups is 1. The summed E-state index contributed by atoms with van der Waals surface area (Å²) in [5, 5.41) is 10.2. The van der Waals surface area contributed by atoms with Crippen molar-refractivity contribution in [2.45, 2.75) is 13.5 Å². The lowest BCUT2D eigenvalue weighted by atomic mass is 10.2. The van der Waals surface area contributed by atoms with Crippen molar-refractivity contribution in [3.8, 4) is 22.9 Å². The number of pyridine rings is 1. The Kier molecular flexibility index (Phi) is 3.02. The molecule has 1 N–H and O–H groups in total. The van der Waals surface area contributed by atoms with E-state index < -0.39 is 0 Å². The topological polar surface area (TPSA) is 60.2 Å². The number of aryl methyl sites for hydroxylation is 1. The Labute approximate surface area is 116 Å². The molecule has 0 radical (unpaired) electrons. The first-order valence-electron chi connectivity index (χ1n) is 6.42. The lowest BCUT2D eigenvalue weighted by Crippen LogP contribution is -1.97. The number of nitrogens with zero attached hydrogens (tertiary/aromatic N) is 3. The van der Waals surface area contributed by atoms with Crippen LogP contribution in [0.5, 0.6) is 11.5 Å². The summed E-state index contributed by atoms with van der Waals surface area (Å²) in [4.78, 5) is 8.66. The number of ether oxygens (including phenoxy) is 1. The van der Waals surface area contributed by atoms with E-state index in [-0.39, 0.29) is 5.75 Å². The maximum Gasteiger partial charge on any atom is 0.144 e. The molecule has 2 heterocycles. The molecule has 102 valence electrons. The molecule has 3 aromatic rings. The van der Waals surface area contributed by atoms with Gasteiger partial charge in [0.05, 0.1) is 24.4 Å². The Morgan fingerprint density at radius 2 is 2.15 bits per heavy atom. The number of imidazole rings is 1. The minimum atomic E-state index is 0.155. The molecule has 0 atom stereocenters. The number of methoxy groups -OCH3 is 1. The van der Waals surface area contributed by atoms with Gasteiger partial charge in [-0.15, -0.1) is 0 Å². The molecular formula is C15H15N3O2. The molecule has 0 spiro atoms. The van der Waals surface area contributed by atoms with Crippen LogP contribution in [0.25, 0.3) is 22.4 Å². The molecule has 0 unspecified atom stereocenters. The SMILES string of the molecule is CCn1c(-c2ccc(OC)cc2O)nc2cnccc21. The van der Waals surface area contributed by atoms with Crippen LogP contribution < -0.4 is 4.74 Å². The maximum atomic E-state index is 10.2. The number of phenols is 1. The van der Waals surface area contributed by atoms with Crippen LogP contribution in [0.1, 0.15) is 6.92 Å². The average molecular weight is 269 g/mol. The van der Waals surface area contributed by atoms with Crippen molar-refractivity contribution >= 4 is 11.0 Å². The van der Waals surface area contributed by atoms with Crippen molar-refractivity contribution in [1.82, 2.24) is 14.5 Å². The van der Waals surface area contributed by atoms with Gasteiger partial charge in [0.25, 0.3) is 0 Å². The van der Waals surface area contributed by atoms with Gasteiger partial charge in [0.15, 0.2) is 0 Å². The largest absolute Gasteiger partial charge is 0.507 e. The predicted octanol–water partition coefficient (Wildman–Crippen LogP) is 2.83. The smallest absolute Gasteiger partial charge is 0.144 e. The molecule has 0 aliphatic carbocycles. The molecule has 0 bridgehead atoms. The number of hydrogen-bond donors (Lipinski definition) is 1. The molecule has 0 aliphatic heterocycles. The molecule has 0 amide bonds. The summed E-state index contributed by atoms with van der Waals surface area (Å²) in [6, 6.07) is 7.14. The van der Waals surface area contributed by atoms with E-state index >= 15 is 0 Å². The third-order valence-electron chi connectivity index (χ3n) is 3.31. The van der Waals surface area contributed by atoms with Crippen LogP contribution in [0.3, 0.4) is 0 Å². The summed E-state index contributed by atoms with van der Waals surface area (Å²) in [5.74, 6) is 1.50. The minimum Gasteiger partial charge on any atom is -0.507 e. The van der Waals surface area contributed by atoms with Crippen LogP contribution in [0.4, 0.5) is 0 Å². The highest BCUT2D eigenvalue weighted by Crippen LogP contribution is 2.33. The zero-order chi connectivity index (χ0) is 14.1. The molecule has 5 nitrogen and oxygen atoms in total. The second-order valence-electron chi connectivity index (χ2n) is 4.43. The highest BCUT2D eigenvalue weighted by Gasteiger charge is 2.15. The highest BCUT2D eigenvalue weighted by molar-refractivity contribution is 5.81. The number of benzene rings is 1. The fraction of sp³-hybridized carbons (Fsp3) is 0.200. The second-order valence-corrected chi connectivity index (χ2v) is 4.43. The van der Waals surface area contributed by atoms with Crippen molar-refractivity contribution in [3.05, 3.63) is 36.7 Å². The van der Waals surface area contributed by atoms with Gasteiger partial charge in [0.2, 0.25) is 0 Å². The van der Waals surface area contributed by atoms with Crippen LogP contribution in [-0.4, -0.2) is 26.8 Å². The van der Waals surface area contributed by atoms with E-state index in [0.29, 0.717) is 11.3 Å². The van der Waals surface area contributed by atoms with E-state index in [1.54, 1.807) is 25.6 Å². The monoisotopic (exact) mass is 269 g/mol. The number of phenolic OH excluding ortho intramolecular Hbond substituents is 1. The summed E-state index contributed by atoms with van der Waals surface area (Å²) in [5.41, 5.74) is 2.51. The Bertz CT molecular complexity index is 765. The lowest BCUT2D eigenvalue weighted by molar-refractivity contribution is 0.408. The van der Waals surface area contributed by atoms with Crippen LogP contribution in [-0.2, 0) is 6.54 Å². The standard InChI is InChI=1S/C15H15N3O2/c1-3-18-13-6-7-16-9-12(13)17-15(18)11-5-4-10(20-2)8-14(11)19/h4-9,19H,3H2,1-2H3. The zero-order valence-corrected chi connectivity index (χ0v) is 11.4. The summed E-state index contributed by atoms with van der Waals surface area (Å²) >= 11 is 0. The summed E-state index contributed by atoms with van der Waals surface area (Å²) in [7, 11) is 1.57. The molecule has 1 aromatic carbocycles. The Morgan fingerprint density at radius 3 is 2.85 bits per heavy atom. The molecule has 20 heavy (non-hydrogen) atoms. The van der Waals surface area contributed by atoms with Crippen LogP contribution in [0.2, 0.25) is 0 Å². The summed E-state index contributed by atoms with van der Waals surface area (Å²) < 4.78 is 7.16. The Balaban J connectivity index is 2.23. The molecule has 2 aromatic heterocycles. The quantitative estimate of drug-likeness (QED) is 0.794. The first kappa shape index (κ1) is 12.5. The average Bonchev–Trinajstić information content (AvgIpc) is 2.85. The molecule has 5 heteroatoms. The molecule has 0 fully saturated rings. The van der Waals surface area contributed by atoms with Gasteiger partial charge in [-0.2, -0.15) is 0 Å². The van der Waals surface area contributed by atoms with E-state index in [9.17, 15) is 5.11 Å². The van der Waals surface area contributed by atoms with Gasteiger partial charge in [-0.3, -0.25) is 4.98 Å². The van der Waals surface area contributed by atoms with Gasteiger partial charge < -0.3 is 14.4 Å². The van der Waals surface area contributed by atoms with Gasteiger partial charge in [-0.25, -0.2) is 4.98 Å². The molecule has 0 saturated carbocycles. The van der Waals surface area contributed by atoms with E-state index in [4.69, 9.17) is 4.74 Å². The van der Waals surface area contributed by atoms with E-state index in [2.05, 4.69) is 14.5 Å². The maximum absolute atomic E-state index is 10.2. The number of fused-ring (bicyclic) bond motifs is 1. The Hall–Kier alpha value is -2.56. The first-order chi connectivity index (χ1) is 9.74. The normalized spacial score (nSPS) is 10.9.